The lowest BCUT2D eigenvalue weighted by Gasteiger charge is -2.10. The van der Waals surface area contributed by atoms with Crippen LogP contribution in [-0.2, 0) is 0 Å². The van der Waals surface area contributed by atoms with E-state index < -0.39 is 0 Å². The summed E-state index contributed by atoms with van der Waals surface area (Å²) < 4.78 is 2.21. The predicted molar refractivity (Wildman–Crippen MR) is 50.4 cm³/mol. The molecule has 2 N–H and O–H groups in total. The Balaban J connectivity index is 2.13. The van der Waals surface area contributed by atoms with E-state index in [4.69, 9.17) is 5.73 Å². The Labute approximate surface area is 78.1 Å². The molecule has 1 heterocycles. The maximum atomic E-state index is 5.52. The SMILES string of the molecule is CC(CCN)c1nncn1C1CC1. The first-order valence-corrected chi connectivity index (χ1v) is 4.92. The summed E-state index contributed by atoms with van der Waals surface area (Å²) >= 11 is 0. The Morgan fingerprint density at radius 1 is 1.69 bits per heavy atom. The summed E-state index contributed by atoms with van der Waals surface area (Å²) in [6.45, 7) is 2.88. The maximum Gasteiger partial charge on any atom is 0.135 e. The number of hydrogen-bond donors (Lipinski definition) is 1. The largest absolute Gasteiger partial charge is 0.330 e. The third-order valence-electron chi connectivity index (χ3n) is 2.58. The third kappa shape index (κ3) is 1.72. The number of hydrogen-bond acceptors (Lipinski definition) is 3. The van der Waals surface area contributed by atoms with Crippen LogP contribution in [0.15, 0.2) is 6.33 Å². The van der Waals surface area contributed by atoms with E-state index >= 15 is 0 Å². The van der Waals surface area contributed by atoms with Gasteiger partial charge in [0.05, 0.1) is 0 Å². The second kappa shape index (κ2) is 3.46. The van der Waals surface area contributed by atoms with Crippen molar-refractivity contribution in [3.63, 3.8) is 0 Å². The maximum absolute atomic E-state index is 5.52. The Bertz CT molecular complexity index is 277. The number of nitrogens with two attached hydrogens (primary N) is 1. The molecule has 1 aromatic rings. The molecular formula is C9H16N4. The predicted octanol–water partition coefficient (Wildman–Crippen LogP) is 1.07. The third-order valence-corrected chi connectivity index (χ3v) is 2.58. The number of aromatic nitrogens is 3. The standard InChI is InChI=1S/C9H16N4/c1-7(4-5-10)9-12-11-6-13(9)8-2-3-8/h6-8H,2-5,10H2,1H3. The van der Waals surface area contributed by atoms with Crippen LogP contribution in [0.4, 0.5) is 0 Å². The normalized spacial score (nSPS) is 18.9. The number of rotatable bonds is 4. The molecule has 2 rings (SSSR count). The van der Waals surface area contributed by atoms with Crippen LogP contribution in [0.25, 0.3) is 0 Å². The molecule has 0 saturated heterocycles. The van der Waals surface area contributed by atoms with Gasteiger partial charge < -0.3 is 10.3 Å². The van der Waals surface area contributed by atoms with E-state index in [0.29, 0.717) is 12.0 Å². The zero-order valence-corrected chi connectivity index (χ0v) is 7.98. The van der Waals surface area contributed by atoms with Gasteiger partial charge in [0.25, 0.3) is 0 Å². The van der Waals surface area contributed by atoms with Gasteiger partial charge in [-0.2, -0.15) is 0 Å². The van der Waals surface area contributed by atoms with Gasteiger partial charge in [-0.3, -0.25) is 0 Å². The van der Waals surface area contributed by atoms with E-state index in [-0.39, 0.29) is 0 Å². The van der Waals surface area contributed by atoms with Gasteiger partial charge in [-0.15, -0.1) is 10.2 Å². The van der Waals surface area contributed by atoms with Crippen molar-refractivity contribution in [2.75, 3.05) is 6.54 Å². The van der Waals surface area contributed by atoms with E-state index in [0.717, 1.165) is 18.8 Å². The van der Waals surface area contributed by atoms with Gasteiger partial charge >= 0.3 is 0 Å². The van der Waals surface area contributed by atoms with Crippen LogP contribution in [0.3, 0.4) is 0 Å². The first kappa shape index (κ1) is 8.69. The average Bonchev–Trinajstić information content (AvgIpc) is 2.84. The minimum atomic E-state index is 0.438. The highest BCUT2D eigenvalue weighted by Crippen LogP contribution is 2.36. The lowest BCUT2D eigenvalue weighted by molar-refractivity contribution is 0.584. The van der Waals surface area contributed by atoms with Crippen molar-refractivity contribution in [2.24, 2.45) is 5.73 Å². The summed E-state index contributed by atoms with van der Waals surface area (Å²) in [7, 11) is 0. The molecule has 0 aliphatic heterocycles. The fourth-order valence-corrected chi connectivity index (χ4v) is 1.62. The van der Waals surface area contributed by atoms with Gasteiger partial charge in [0.2, 0.25) is 0 Å². The molecule has 1 unspecified atom stereocenters. The molecule has 4 nitrogen and oxygen atoms in total. The van der Waals surface area contributed by atoms with Crippen LogP contribution in [-0.4, -0.2) is 21.3 Å². The van der Waals surface area contributed by atoms with Crippen molar-refractivity contribution in [1.29, 1.82) is 0 Å². The molecule has 0 radical (unpaired) electrons. The molecule has 13 heavy (non-hydrogen) atoms. The Morgan fingerprint density at radius 3 is 3.08 bits per heavy atom. The lowest BCUT2D eigenvalue weighted by Crippen LogP contribution is -2.10. The molecule has 0 aromatic carbocycles. The molecule has 0 amide bonds. The summed E-state index contributed by atoms with van der Waals surface area (Å²) in [4.78, 5) is 0. The van der Waals surface area contributed by atoms with Gasteiger partial charge in [-0.1, -0.05) is 6.92 Å². The van der Waals surface area contributed by atoms with Gasteiger partial charge in [0.15, 0.2) is 0 Å². The van der Waals surface area contributed by atoms with Crippen molar-refractivity contribution >= 4 is 0 Å². The smallest absolute Gasteiger partial charge is 0.135 e. The van der Waals surface area contributed by atoms with E-state index in [1.165, 1.54) is 12.8 Å². The summed E-state index contributed by atoms with van der Waals surface area (Å²) in [6, 6.07) is 0.672. The minimum absolute atomic E-state index is 0.438. The summed E-state index contributed by atoms with van der Waals surface area (Å²) in [5.41, 5.74) is 5.52. The van der Waals surface area contributed by atoms with Crippen molar-refractivity contribution in [3.05, 3.63) is 12.2 Å². The molecule has 72 valence electrons. The fourth-order valence-electron chi connectivity index (χ4n) is 1.62. The van der Waals surface area contributed by atoms with Gasteiger partial charge in [-0.25, -0.2) is 0 Å². The Hall–Kier alpha value is -0.900. The Morgan fingerprint density at radius 2 is 2.46 bits per heavy atom. The van der Waals surface area contributed by atoms with Crippen molar-refractivity contribution in [2.45, 2.75) is 38.1 Å². The quantitative estimate of drug-likeness (QED) is 0.754. The van der Waals surface area contributed by atoms with Crippen molar-refractivity contribution < 1.29 is 0 Å². The molecule has 0 spiro atoms. The van der Waals surface area contributed by atoms with Crippen molar-refractivity contribution in [1.82, 2.24) is 14.8 Å². The van der Waals surface area contributed by atoms with E-state index in [9.17, 15) is 0 Å². The van der Waals surface area contributed by atoms with E-state index in [1.54, 1.807) is 0 Å². The molecular weight excluding hydrogens is 164 g/mol. The van der Waals surface area contributed by atoms with Crippen LogP contribution in [0.2, 0.25) is 0 Å². The highest BCUT2D eigenvalue weighted by Gasteiger charge is 2.27. The summed E-state index contributed by atoms with van der Waals surface area (Å²) in [6.07, 6.45) is 5.40. The van der Waals surface area contributed by atoms with E-state index in [1.807, 2.05) is 6.33 Å². The molecule has 1 aliphatic carbocycles. The molecule has 1 atom stereocenters. The van der Waals surface area contributed by atoms with Gasteiger partial charge in [0, 0.05) is 12.0 Å². The molecule has 1 saturated carbocycles. The Kier molecular flexibility index (Phi) is 2.31. The number of nitrogens with zero attached hydrogens (tertiary/aromatic N) is 3. The average molecular weight is 180 g/mol. The lowest BCUT2D eigenvalue weighted by atomic mass is 10.1. The molecule has 1 fully saturated rings. The first-order chi connectivity index (χ1) is 6.33. The highest BCUT2D eigenvalue weighted by atomic mass is 15.3. The van der Waals surface area contributed by atoms with Crippen molar-refractivity contribution in [3.8, 4) is 0 Å². The molecule has 1 aromatic heterocycles. The summed E-state index contributed by atoms with van der Waals surface area (Å²) in [5, 5.41) is 8.11. The van der Waals surface area contributed by atoms with Crippen LogP contribution in [0.5, 0.6) is 0 Å². The minimum Gasteiger partial charge on any atom is -0.330 e. The molecule has 1 aliphatic rings. The second-order valence-electron chi connectivity index (χ2n) is 3.81. The van der Waals surface area contributed by atoms with E-state index in [2.05, 4.69) is 21.7 Å². The van der Waals surface area contributed by atoms with Crippen LogP contribution in [0, 0.1) is 0 Å². The first-order valence-electron chi connectivity index (χ1n) is 4.92. The fraction of sp³-hybridized carbons (Fsp3) is 0.778. The second-order valence-corrected chi connectivity index (χ2v) is 3.81. The van der Waals surface area contributed by atoms with Gasteiger partial charge in [-0.05, 0) is 25.8 Å². The van der Waals surface area contributed by atoms with Crippen LogP contribution < -0.4 is 5.73 Å². The van der Waals surface area contributed by atoms with Crippen LogP contribution >= 0.6 is 0 Å². The molecule has 0 bridgehead atoms. The zero-order valence-electron chi connectivity index (χ0n) is 7.98. The van der Waals surface area contributed by atoms with Crippen LogP contribution in [0.1, 0.15) is 44.0 Å². The zero-order chi connectivity index (χ0) is 9.26. The topological polar surface area (TPSA) is 56.7 Å². The van der Waals surface area contributed by atoms with Gasteiger partial charge in [0.1, 0.15) is 12.2 Å². The summed E-state index contributed by atoms with van der Waals surface area (Å²) in [5.74, 6) is 1.54. The monoisotopic (exact) mass is 180 g/mol. The highest BCUT2D eigenvalue weighted by molar-refractivity contribution is 5.00. The molecule has 4 heteroatoms.